The van der Waals surface area contributed by atoms with Crippen LogP contribution in [-0.4, -0.2) is 5.33 Å². The van der Waals surface area contributed by atoms with Crippen molar-refractivity contribution in [2.75, 3.05) is 5.33 Å². The summed E-state index contributed by atoms with van der Waals surface area (Å²) in [7, 11) is 0. The lowest BCUT2D eigenvalue weighted by Crippen LogP contribution is -2.06. The van der Waals surface area contributed by atoms with E-state index in [4.69, 9.17) is 0 Å². The van der Waals surface area contributed by atoms with E-state index in [0.717, 1.165) is 5.33 Å². The van der Waals surface area contributed by atoms with Crippen molar-refractivity contribution in [2.24, 2.45) is 5.41 Å². The largest absolute Gasteiger partial charge is 0.0922 e. The summed E-state index contributed by atoms with van der Waals surface area (Å²) in [6, 6.07) is 8.53. The van der Waals surface area contributed by atoms with Crippen LogP contribution in [0.25, 0.3) is 0 Å². The molecule has 0 aromatic heterocycles. The van der Waals surface area contributed by atoms with Crippen molar-refractivity contribution in [3.05, 3.63) is 34.3 Å². The summed E-state index contributed by atoms with van der Waals surface area (Å²) in [5.41, 5.74) is 2.02. The van der Waals surface area contributed by atoms with Crippen LogP contribution in [0.1, 0.15) is 18.4 Å². The molecule has 0 aliphatic heterocycles. The van der Waals surface area contributed by atoms with Gasteiger partial charge in [0.15, 0.2) is 0 Å². The first kappa shape index (κ1) is 9.72. The van der Waals surface area contributed by atoms with Crippen molar-refractivity contribution in [1.29, 1.82) is 0 Å². The smallest absolute Gasteiger partial charge is 0.0207 e. The third kappa shape index (κ3) is 2.16. The number of hydrogen-bond donors (Lipinski definition) is 0. The lowest BCUT2D eigenvalue weighted by atomic mass is 9.99. The Kier molecular flexibility index (Phi) is 2.80. The highest BCUT2D eigenvalue weighted by Gasteiger charge is 2.41. The number of alkyl halides is 1. The second-order valence-electron chi connectivity index (χ2n) is 3.90. The van der Waals surface area contributed by atoms with Crippen LogP contribution >= 0.6 is 31.9 Å². The standard InChI is InChI=1S/C11H12Br2/c12-8-11(5-6-11)7-9-3-1-2-4-10(9)13/h1-4H,5-8H2. The number of benzene rings is 1. The van der Waals surface area contributed by atoms with Gasteiger partial charge in [0.2, 0.25) is 0 Å². The molecule has 1 fully saturated rings. The van der Waals surface area contributed by atoms with E-state index in [9.17, 15) is 0 Å². The van der Waals surface area contributed by atoms with Crippen molar-refractivity contribution in [3.63, 3.8) is 0 Å². The third-order valence-corrected chi connectivity index (χ3v) is 4.73. The molecule has 2 heteroatoms. The van der Waals surface area contributed by atoms with E-state index in [-0.39, 0.29) is 0 Å². The number of rotatable bonds is 3. The van der Waals surface area contributed by atoms with Crippen LogP contribution < -0.4 is 0 Å². The van der Waals surface area contributed by atoms with Crippen LogP contribution in [0.4, 0.5) is 0 Å². The highest BCUT2D eigenvalue weighted by molar-refractivity contribution is 9.10. The average molecular weight is 304 g/mol. The molecule has 0 unspecified atom stereocenters. The van der Waals surface area contributed by atoms with E-state index in [1.54, 1.807) is 0 Å². The maximum atomic E-state index is 3.60. The fourth-order valence-electron chi connectivity index (χ4n) is 1.58. The Labute approximate surface area is 96.0 Å². The first-order chi connectivity index (χ1) is 6.26. The van der Waals surface area contributed by atoms with E-state index >= 15 is 0 Å². The number of halogens is 2. The minimum absolute atomic E-state index is 0.573. The molecule has 13 heavy (non-hydrogen) atoms. The van der Waals surface area contributed by atoms with Crippen LogP contribution in [0.15, 0.2) is 28.7 Å². The van der Waals surface area contributed by atoms with Gasteiger partial charge >= 0.3 is 0 Å². The summed E-state index contributed by atoms with van der Waals surface area (Å²) in [4.78, 5) is 0. The SMILES string of the molecule is BrCC1(Cc2ccccc2Br)CC1. The molecular formula is C11H12Br2. The van der Waals surface area contributed by atoms with Gasteiger partial charge in [0.25, 0.3) is 0 Å². The van der Waals surface area contributed by atoms with E-state index in [1.807, 2.05) is 0 Å². The van der Waals surface area contributed by atoms with E-state index < -0.39 is 0 Å². The second kappa shape index (κ2) is 3.74. The molecule has 2 rings (SSSR count). The summed E-state index contributed by atoms with van der Waals surface area (Å²) >= 11 is 7.19. The molecular weight excluding hydrogens is 292 g/mol. The lowest BCUT2D eigenvalue weighted by Gasteiger charge is -2.12. The van der Waals surface area contributed by atoms with Crippen molar-refractivity contribution >= 4 is 31.9 Å². The van der Waals surface area contributed by atoms with Gasteiger partial charge in [-0.25, -0.2) is 0 Å². The van der Waals surface area contributed by atoms with Crippen LogP contribution in [0, 0.1) is 5.41 Å². The fraction of sp³-hybridized carbons (Fsp3) is 0.455. The summed E-state index contributed by atoms with van der Waals surface area (Å²) in [6.45, 7) is 0. The van der Waals surface area contributed by atoms with Gasteiger partial charge in [-0.2, -0.15) is 0 Å². The average Bonchev–Trinajstić information content (AvgIpc) is 2.90. The second-order valence-corrected chi connectivity index (χ2v) is 5.32. The first-order valence-corrected chi connectivity index (χ1v) is 6.47. The van der Waals surface area contributed by atoms with Gasteiger partial charge in [0, 0.05) is 9.80 Å². The summed E-state index contributed by atoms with van der Waals surface area (Å²) in [6.07, 6.45) is 3.96. The molecule has 1 aliphatic rings. The maximum absolute atomic E-state index is 3.60. The minimum atomic E-state index is 0.573. The van der Waals surface area contributed by atoms with Gasteiger partial charge in [0.05, 0.1) is 0 Å². The number of hydrogen-bond acceptors (Lipinski definition) is 0. The Balaban J connectivity index is 2.14. The van der Waals surface area contributed by atoms with Gasteiger partial charge in [-0.3, -0.25) is 0 Å². The summed E-state index contributed by atoms with van der Waals surface area (Å²) < 4.78 is 1.25. The summed E-state index contributed by atoms with van der Waals surface area (Å²) in [5.74, 6) is 0. The zero-order valence-electron chi connectivity index (χ0n) is 7.39. The highest BCUT2D eigenvalue weighted by atomic mass is 79.9. The van der Waals surface area contributed by atoms with Gasteiger partial charge in [0.1, 0.15) is 0 Å². The molecule has 0 N–H and O–H groups in total. The van der Waals surface area contributed by atoms with Crippen molar-refractivity contribution in [1.82, 2.24) is 0 Å². The zero-order chi connectivity index (χ0) is 9.31. The Morgan fingerprint density at radius 1 is 1.23 bits per heavy atom. The van der Waals surface area contributed by atoms with Crippen LogP contribution in [0.3, 0.4) is 0 Å². The van der Waals surface area contributed by atoms with E-state index in [1.165, 1.54) is 29.3 Å². The normalized spacial score (nSPS) is 18.6. The van der Waals surface area contributed by atoms with Crippen molar-refractivity contribution in [2.45, 2.75) is 19.3 Å². The molecule has 1 aromatic rings. The highest BCUT2D eigenvalue weighted by Crippen LogP contribution is 2.50. The Morgan fingerprint density at radius 2 is 1.92 bits per heavy atom. The van der Waals surface area contributed by atoms with Crippen molar-refractivity contribution in [3.8, 4) is 0 Å². The van der Waals surface area contributed by atoms with Gasteiger partial charge in [-0.15, -0.1) is 0 Å². The summed E-state index contributed by atoms with van der Waals surface area (Å²) in [5, 5.41) is 1.14. The van der Waals surface area contributed by atoms with Gasteiger partial charge in [-0.1, -0.05) is 50.1 Å². The molecule has 0 amide bonds. The van der Waals surface area contributed by atoms with Gasteiger partial charge in [-0.05, 0) is 36.3 Å². The molecule has 70 valence electrons. The zero-order valence-corrected chi connectivity index (χ0v) is 10.6. The molecule has 0 heterocycles. The predicted molar refractivity (Wildman–Crippen MR) is 63.3 cm³/mol. The maximum Gasteiger partial charge on any atom is 0.0207 e. The molecule has 0 saturated heterocycles. The minimum Gasteiger partial charge on any atom is -0.0922 e. The van der Waals surface area contributed by atoms with Crippen molar-refractivity contribution < 1.29 is 0 Å². The quantitative estimate of drug-likeness (QED) is 0.735. The Morgan fingerprint density at radius 3 is 2.46 bits per heavy atom. The molecule has 0 bridgehead atoms. The monoisotopic (exact) mass is 302 g/mol. The fourth-order valence-corrected chi connectivity index (χ4v) is 2.76. The van der Waals surface area contributed by atoms with Gasteiger partial charge < -0.3 is 0 Å². The molecule has 1 aromatic carbocycles. The Bertz CT molecular complexity index is 303. The molecule has 0 spiro atoms. The molecule has 0 nitrogen and oxygen atoms in total. The molecule has 1 aliphatic carbocycles. The molecule has 1 saturated carbocycles. The lowest BCUT2D eigenvalue weighted by molar-refractivity contribution is 0.585. The predicted octanol–water partition coefficient (Wildman–Crippen LogP) is 4.17. The molecule has 0 atom stereocenters. The van der Waals surface area contributed by atoms with Crippen LogP contribution in [-0.2, 0) is 6.42 Å². The topological polar surface area (TPSA) is 0 Å². The van der Waals surface area contributed by atoms with E-state index in [2.05, 4.69) is 56.1 Å². The third-order valence-electron chi connectivity index (χ3n) is 2.76. The van der Waals surface area contributed by atoms with E-state index in [0.29, 0.717) is 5.41 Å². The first-order valence-electron chi connectivity index (χ1n) is 4.55. The molecule has 0 radical (unpaired) electrons. The Hall–Kier alpha value is 0.180. The van der Waals surface area contributed by atoms with Crippen LogP contribution in [0.2, 0.25) is 0 Å². The van der Waals surface area contributed by atoms with Crippen LogP contribution in [0.5, 0.6) is 0 Å².